The first-order chi connectivity index (χ1) is 8.82. The van der Waals surface area contributed by atoms with Crippen LogP contribution in [0.1, 0.15) is 26.7 Å². The average Bonchev–Trinajstić information content (AvgIpc) is 2.36. The number of aromatic nitrogens is 1. The van der Waals surface area contributed by atoms with Crippen molar-refractivity contribution in [2.75, 3.05) is 11.9 Å². The Labute approximate surface area is 112 Å². The monoisotopic (exact) mass is 265 g/mol. The average molecular weight is 265 g/mol. The summed E-state index contributed by atoms with van der Waals surface area (Å²) >= 11 is 0. The van der Waals surface area contributed by atoms with Crippen molar-refractivity contribution in [1.29, 1.82) is 0 Å². The van der Waals surface area contributed by atoms with E-state index in [0.29, 0.717) is 12.1 Å². The standard InChI is InChI=1S/C13H19N3O3/c1-13(2,7-6-11(17)18)15-12(19)16(3)10-5-4-8-14-9-10/h4-5,8-9H,6-7H2,1-3H3,(H,15,19)(H,17,18). The normalized spacial score (nSPS) is 10.9. The van der Waals surface area contributed by atoms with Gasteiger partial charge in [-0.3, -0.25) is 14.7 Å². The van der Waals surface area contributed by atoms with Crippen molar-refractivity contribution in [3.63, 3.8) is 0 Å². The van der Waals surface area contributed by atoms with Crippen molar-refractivity contribution in [1.82, 2.24) is 10.3 Å². The van der Waals surface area contributed by atoms with Gasteiger partial charge in [0.15, 0.2) is 0 Å². The zero-order valence-corrected chi connectivity index (χ0v) is 11.4. The van der Waals surface area contributed by atoms with Gasteiger partial charge in [-0.25, -0.2) is 4.79 Å². The van der Waals surface area contributed by atoms with E-state index in [-0.39, 0.29) is 12.5 Å². The molecule has 1 heterocycles. The molecule has 1 aromatic rings. The van der Waals surface area contributed by atoms with E-state index in [0.717, 1.165) is 0 Å². The number of carboxylic acids is 1. The van der Waals surface area contributed by atoms with E-state index in [1.54, 1.807) is 45.4 Å². The second-order valence-electron chi connectivity index (χ2n) is 4.98. The Balaban J connectivity index is 2.61. The molecule has 0 radical (unpaired) electrons. The highest BCUT2D eigenvalue weighted by molar-refractivity contribution is 5.91. The molecule has 0 spiro atoms. The zero-order valence-electron chi connectivity index (χ0n) is 11.4. The van der Waals surface area contributed by atoms with Crippen LogP contribution in [-0.4, -0.2) is 34.7 Å². The summed E-state index contributed by atoms with van der Waals surface area (Å²) in [7, 11) is 1.64. The van der Waals surface area contributed by atoms with E-state index >= 15 is 0 Å². The fourth-order valence-electron chi connectivity index (χ4n) is 1.52. The molecule has 19 heavy (non-hydrogen) atoms. The lowest BCUT2D eigenvalue weighted by atomic mass is 9.99. The Morgan fingerprint density at radius 1 is 1.47 bits per heavy atom. The number of anilines is 1. The summed E-state index contributed by atoms with van der Waals surface area (Å²) in [5, 5.41) is 11.5. The molecule has 0 aromatic carbocycles. The minimum absolute atomic E-state index is 0.0177. The fourth-order valence-corrected chi connectivity index (χ4v) is 1.52. The molecule has 0 atom stereocenters. The van der Waals surface area contributed by atoms with E-state index in [2.05, 4.69) is 10.3 Å². The molecule has 0 bridgehead atoms. The maximum Gasteiger partial charge on any atom is 0.322 e. The number of nitrogens with zero attached hydrogens (tertiary/aromatic N) is 2. The number of nitrogens with one attached hydrogen (secondary N) is 1. The van der Waals surface area contributed by atoms with Gasteiger partial charge in [0, 0.05) is 25.2 Å². The lowest BCUT2D eigenvalue weighted by Crippen LogP contribution is -2.49. The second-order valence-corrected chi connectivity index (χ2v) is 4.98. The first kappa shape index (κ1) is 14.9. The van der Waals surface area contributed by atoms with E-state index in [9.17, 15) is 9.59 Å². The molecule has 2 N–H and O–H groups in total. The molecular weight excluding hydrogens is 246 g/mol. The van der Waals surface area contributed by atoms with Crippen LogP contribution >= 0.6 is 0 Å². The van der Waals surface area contributed by atoms with E-state index in [4.69, 9.17) is 5.11 Å². The smallest absolute Gasteiger partial charge is 0.322 e. The molecule has 0 aliphatic carbocycles. The van der Waals surface area contributed by atoms with Gasteiger partial charge in [-0.2, -0.15) is 0 Å². The zero-order chi connectivity index (χ0) is 14.5. The van der Waals surface area contributed by atoms with Gasteiger partial charge in [0.2, 0.25) is 0 Å². The SMILES string of the molecule is CN(C(=O)NC(C)(C)CCC(=O)O)c1cccnc1. The number of carboxylic acid groups (broad SMARTS) is 1. The molecule has 0 unspecified atom stereocenters. The predicted octanol–water partition coefficient (Wildman–Crippen LogP) is 1.87. The third kappa shape index (κ3) is 4.95. The van der Waals surface area contributed by atoms with Gasteiger partial charge < -0.3 is 10.4 Å². The van der Waals surface area contributed by atoms with Crippen molar-refractivity contribution in [3.05, 3.63) is 24.5 Å². The van der Waals surface area contributed by atoms with Crippen LogP contribution in [0.25, 0.3) is 0 Å². The molecule has 6 nitrogen and oxygen atoms in total. The van der Waals surface area contributed by atoms with Gasteiger partial charge in [0.05, 0.1) is 11.9 Å². The largest absolute Gasteiger partial charge is 0.481 e. The van der Waals surface area contributed by atoms with E-state index < -0.39 is 11.5 Å². The summed E-state index contributed by atoms with van der Waals surface area (Å²) in [4.78, 5) is 28.0. The highest BCUT2D eigenvalue weighted by Gasteiger charge is 2.23. The molecule has 1 aromatic heterocycles. The third-order valence-electron chi connectivity index (χ3n) is 2.75. The minimum Gasteiger partial charge on any atom is -0.481 e. The Bertz CT molecular complexity index is 446. The predicted molar refractivity (Wildman–Crippen MR) is 72.1 cm³/mol. The third-order valence-corrected chi connectivity index (χ3v) is 2.75. The number of carbonyl (C=O) groups is 2. The number of urea groups is 1. The molecule has 0 fully saturated rings. The molecule has 6 heteroatoms. The van der Waals surface area contributed by atoms with Crippen LogP contribution in [-0.2, 0) is 4.79 Å². The van der Waals surface area contributed by atoms with Crippen molar-refractivity contribution in [3.8, 4) is 0 Å². The maximum atomic E-state index is 12.0. The van der Waals surface area contributed by atoms with Crippen molar-refractivity contribution < 1.29 is 14.7 Å². The number of aliphatic carboxylic acids is 1. The van der Waals surface area contributed by atoms with Gasteiger partial charge >= 0.3 is 12.0 Å². The van der Waals surface area contributed by atoms with Crippen molar-refractivity contribution in [2.45, 2.75) is 32.2 Å². The Kier molecular flexibility index (Phi) is 4.86. The maximum absolute atomic E-state index is 12.0. The summed E-state index contributed by atoms with van der Waals surface area (Å²) in [5.41, 5.74) is 0.0976. The van der Waals surface area contributed by atoms with Crippen LogP contribution in [0, 0.1) is 0 Å². The van der Waals surface area contributed by atoms with Gasteiger partial charge in [-0.1, -0.05) is 0 Å². The van der Waals surface area contributed by atoms with Crippen LogP contribution in [0.2, 0.25) is 0 Å². The summed E-state index contributed by atoms with van der Waals surface area (Å²) in [5.74, 6) is -0.872. The Morgan fingerprint density at radius 3 is 2.68 bits per heavy atom. The van der Waals surface area contributed by atoms with Gasteiger partial charge in [0.25, 0.3) is 0 Å². The summed E-state index contributed by atoms with van der Waals surface area (Å²) in [6, 6.07) is 3.23. The van der Waals surface area contributed by atoms with Gasteiger partial charge in [0.1, 0.15) is 0 Å². The Hall–Kier alpha value is -2.11. The number of hydrogen-bond donors (Lipinski definition) is 2. The topological polar surface area (TPSA) is 82.5 Å². The fraction of sp³-hybridized carbons (Fsp3) is 0.462. The minimum atomic E-state index is -0.872. The van der Waals surface area contributed by atoms with Crippen LogP contribution < -0.4 is 10.2 Å². The number of amides is 2. The first-order valence-corrected chi connectivity index (χ1v) is 5.99. The lowest BCUT2D eigenvalue weighted by molar-refractivity contribution is -0.137. The summed E-state index contributed by atoms with van der Waals surface area (Å²) < 4.78 is 0. The Morgan fingerprint density at radius 2 is 2.16 bits per heavy atom. The van der Waals surface area contributed by atoms with Crippen molar-refractivity contribution >= 4 is 17.7 Å². The molecule has 0 aliphatic rings. The highest BCUT2D eigenvalue weighted by Crippen LogP contribution is 2.14. The second kappa shape index (κ2) is 6.17. The van der Waals surface area contributed by atoms with E-state index in [1.807, 2.05) is 0 Å². The quantitative estimate of drug-likeness (QED) is 0.851. The number of hydrogen-bond acceptors (Lipinski definition) is 3. The molecule has 1 rings (SSSR count). The lowest BCUT2D eigenvalue weighted by Gasteiger charge is -2.28. The molecule has 104 valence electrons. The van der Waals surface area contributed by atoms with E-state index in [1.165, 1.54) is 4.90 Å². The van der Waals surface area contributed by atoms with Gasteiger partial charge in [-0.05, 0) is 32.4 Å². The van der Waals surface area contributed by atoms with Crippen LogP contribution in [0.15, 0.2) is 24.5 Å². The highest BCUT2D eigenvalue weighted by atomic mass is 16.4. The van der Waals surface area contributed by atoms with Crippen LogP contribution in [0.5, 0.6) is 0 Å². The van der Waals surface area contributed by atoms with Crippen LogP contribution in [0.3, 0.4) is 0 Å². The molecule has 0 saturated heterocycles. The molecule has 2 amide bonds. The number of pyridine rings is 1. The van der Waals surface area contributed by atoms with Crippen molar-refractivity contribution in [2.24, 2.45) is 0 Å². The number of rotatable bonds is 5. The first-order valence-electron chi connectivity index (χ1n) is 5.99. The van der Waals surface area contributed by atoms with Crippen LogP contribution in [0.4, 0.5) is 10.5 Å². The molecule has 0 aliphatic heterocycles. The summed E-state index contributed by atoms with van der Waals surface area (Å²) in [6.45, 7) is 3.59. The number of carbonyl (C=O) groups excluding carboxylic acids is 1. The van der Waals surface area contributed by atoms with Gasteiger partial charge in [-0.15, -0.1) is 0 Å². The molecule has 0 saturated carbocycles. The molecular formula is C13H19N3O3. The summed E-state index contributed by atoms with van der Waals surface area (Å²) in [6.07, 6.45) is 3.61.